The molecule has 1 aliphatic heterocycles. The number of alkyl halides is 3. The summed E-state index contributed by atoms with van der Waals surface area (Å²) in [6, 6.07) is -1.54. The monoisotopic (exact) mass is 519 g/mol. The highest BCUT2D eigenvalue weighted by Gasteiger charge is 2.57. The summed E-state index contributed by atoms with van der Waals surface area (Å²) >= 11 is 0. The Kier molecular flexibility index (Phi) is 7.60. The van der Waals surface area contributed by atoms with Crippen LogP contribution in [-0.2, 0) is 16.0 Å². The first-order valence-electron chi connectivity index (χ1n) is 12.0. The molecule has 4 amide bonds. The molecule has 3 heterocycles. The topological polar surface area (TPSA) is 134 Å². The van der Waals surface area contributed by atoms with E-state index in [-0.39, 0.29) is 18.1 Å². The summed E-state index contributed by atoms with van der Waals surface area (Å²) in [6.45, 7) is 0. The Hall–Kier alpha value is -3.77. The molecule has 2 aromatic heterocycles. The number of amides is 4. The van der Waals surface area contributed by atoms with Gasteiger partial charge in [0.25, 0.3) is 5.91 Å². The Bertz CT molecular complexity index is 1140. The molecule has 0 spiro atoms. The minimum atomic E-state index is -4.70. The third-order valence-electron chi connectivity index (χ3n) is 6.96. The summed E-state index contributed by atoms with van der Waals surface area (Å²) in [5.74, 6) is -2.83. The second-order valence-corrected chi connectivity index (χ2v) is 9.38. The number of rotatable bonds is 6. The molecule has 2 fully saturated rings. The van der Waals surface area contributed by atoms with Crippen molar-refractivity contribution in [1.29, 1.82) is 0 Å². The zero-order chi connectivity index (χ0) is 26.7. The Labute approximate surface area is 211 Å². The first-order valence-corrected chi connectivity index (χ1v) is 12.0. The predicted molar refractivity (Wildman–Crippen MR) is 127 cm³/mol. The number of nitrogen functional groups attached to an aromatic ring is 1. The average Bonchev–Trinajstić information content (AvgIpc) is 2.88. The van der Waals surface area contributed by atoms with E-state index in [4.69, 9.17) is 5.73 Å². The molecule has 3 N–H and O–H groups in total. The predicted octanol–water partition coefficient (Wildman–Crippen LogP) is 2.71. The number of nitrogens with two attached hydrogens (primary N) is 1. The van der Waals surface area contributed by atoms with Crippen LogP contribution in [-0.4, -0.2) is 63.0 Å². The summed E-state index contributed by atoms with van der Waals surface area (Å²) in [5.41, 5.74) is 6.32. The number of β-lactam (4-membered cyclic amide) rings is 1. The molecule has 0 aromatic carbocycles. The number of carbonyl (C=O) groups excluding carboxylic acids is 3. The number of hydrogen-bond donors (Lipinski definition) is 2. The lowest BCUT2D eigenvalue weighted by atomic mass is 9.81. The Balaban J connectivity index is 1.60. The maximum Gasteiger partial charge on any atom is 0.408 e. The van der Waals surface area contributed by atoms with Crippen molar-refractivity contribution in [1.82, 2.24) is 25.2 Å². The SMILES string of the molecule is CN(C(=O)[C@@H]1[C@@H](Cc2ccnc(N)c2)C(=O)N1C(=O)NC(C1CCCCC1)C(F)(F)F)c1cnccn1. The minimum Gasteiger partial charge on any atom is -0.384 e. The summed E-state index contributed by atoms with van der Waals surface area (Å²) in [4.78, 5) is 53.3. The van der Waals surface area contributed by atoms with E-state index in [1.165, 1.54) is 37.9 Å². The fraction of sp³-hybridized carbons (Fsp3) is 0.500. The van der Waals surface area contributed by atoms with Gasteiger partial charge >= 0.3 is 12.2 Å². The quantitative estimate of drug-likeness (QED) is 0.561. The molecule has 13 heteroatoms. The third-order valence-corrected chi connectivity index (χ3v) is 6.96. The van der Waals surface area contributed by atoms with Crippen molar-refractivity contribution in [2.45, 2.75) is 56.8 Å². The van der Waals surface area contributed by atoms with Gasteiger partial charge in [0.2, 0.25) is 5.91 Å². The summed E-state index contributed by atoms with van der Waals surface area (Å²) in [5, 5.41) is 2.03. The molecular weight excluding hydrogens is 491 g/mol. The number of nitrogens with zero attached hydrogens (tertiary/aromatic N) is 5. The maximum atomic E-state index is 13.9. The smallest absolute Gasteiger partial charge is 0.384 e. The highest BCUT2D eigenvalue weighted by molar-refractivity contribution is 6.12. The summed E-state index contributed by atoms with van der Waals surface area (Å²) < 4.78 is 41.8. The van der Waals surface area contributed by atoms with Crippen LogP contribution >= 0.6 is 0 Å². The Morgan fingerprint density at radius 2 is 1.92 bits per heavy atom. The third kappa shape index (κ3) is 5.65. The van der Waals surface area contributed by atoms with Crippen molar-refractivity contribution in [2.24, 2.45) is 11.8 Å². The van der Waals surface area contributed by atoms with E-state index in [0.29, 0.717) is 36.1 Å². The van der Waals surface area contributed by atoms with Crippen LogP contribution in [0, 0.1) is 11.8 Å². The number of aromatic nitrogens is 3. The van der Waals surface area contributed by atoms with E-state index in [1.54, 1.807) is 6.07 Å². The van der Waals surface area contributed by atoms with Crippen LogP contribution < -0.4 is 16.0 Å². The number of hydrogen-bond acceptors (Lipinski definition) is 7. The van der Waals surface area contributed by atoms with Crippen LogP contribution in [0.2, 0.25) is 0 Å². The van der Waals surface area contributed by atoms with Crippen LogP contribution in [0.3, 0.4) is 0 Å². The number of nitrogens with one attached hydrogen (secondary N) is 1. The highest BCUT2D eigenvalue weighted by atomic mass is 19.4. The number of likely N-dealkylation sites (tertiary alicyclic amines) is 1. The highest BCUT2D eigenvalue weighted by Crippen LogP contribution is 2.37. The molecule has 1 saturated heterocycles. The standard InChI is InChI=1S/C24H28F3N7O3/c1-33(18-13-29-9-10-31-18)22(36)19-16(11-14-7-8-30-17(28)12-14)21(35)34(19)23(37)32-20(24(25,26)27)15-5-3-2-4-6-15/h7-10,12-13,15-16,19-20H,2-6,11H2,1H3,(H2,28,30)(H,32,37)/t16-,19+,20?/m1/s1. The van der Waals surface area contributed by atoms with Gasteiger partial charge in [-0.25, -0.2) is 14.8 Å². The fourth-order valence-electron chi connectivity index (χ4n) is 5.04. The molecular formula is C24H28F3N7O3. The largest absolute Gasteiger partial charge is 0.408 e. The minimum absolute atomic E-state index is 0.0470. The lowest BCUT2D eigenvalue weighted by Gasteiger charge is -2.46. The van der Waals surface area contributed by atoms with Gasteiger partial charge in [0.15, 0.2) is 5.82 Å². The second-order valence-electron chi connectivity index (χ2n) is 9.38. The maximum absolute atomic E-state index is 13.9. The van der Waals surface area contributed by atoms with E-state index in [0.717, 1.165) is 11.3 Å². The van der Waals surface area contributed by atoms with Crippen LogP contribution in [0.15, 0.2) is 36.9 Å². The van der Waals surface area contributed by atoms with E-state index in [1.807, 2.05) is 5.32 Å². The zero-order valence-electron chi connectivity index (χ0n) is 20.2. The van der Waals surface area contributed by atoms with E-state index >= 15 is 0 Å². The number of carbonyl (C=O) groups is 3. The van der Waals surface area contributed by atoms with Gasteiger partial charge in [0.1, 0.15) is 17.9 Å². The first kappa shape index (κ1) is 26.3. The van der Waals surface area contributed by atoms with Gasteiger partial charge in [-0.3, -0.25) is 24.4 Å². The van der Waals surface area contributed by atoms with E-state index < -0.39 is 47.9 Å². The lowest BCUT2D eigenvalue weighted by molar-refractivity contribution is -0.170. The van der Waals surface area contributed by atoms with E-state index in [9.17, 15) is 27.6 Å². The average molecular weight is 520 g/mol. The number of anilines is 2. The Morgan fingerprint density at radius 3 is 2.54 bits per heavy atom. The molecule has 3 atom stereocenters. The summed E-state index contributed by atoms with van der Waals surface area (Å²) in [7, 11) is 1.40. The first-order chi connectivity index (χ1) is 17.6. The van der Waals surface area contributed by atoms with Gasteiger partial charge < -0.3 is 11.1 Å². The van der Waals surface area contributed by atoms with Crippen molar-refractivity contribution in [3.8, 4) is 0 Å². The van der Waals surface area contributed by atoms with E-state index in [2.05, 4.69) is 15.0 Å². The zero-order valence-corrected chi connectivity index (χ0v) is 20.2. The number of urea groups is 1. The van der Waals surface area contributed by atoms with Gasteiger partial charge in [0, 0.05) is 25.6 Å². The van der Waals surface area contributed by atoms with Gasteiger partial charge in [-0.05, 0) is 42.9 Å². The van der Waals surface area contributed by atoms with Crippen molar-refractivity contribution in [3.63, 3.8) is 0 Å². The number of imide groups is 1. The number of pyridine rings is 1. The molecule has 4 rings (SSSR count). The molecule has 1 saturated carbocycles. The molecule has 37 heavy (non-hydrogen) atoms. The summed E-state index contributed by atoms with van der Waals surface area (Å²) in [6.07, 6.45) is 3.65. The van der Waals surface area contributed by atoms with Crippen LogP contribution in [0.25, 0.3) is 0 Å². The molecule has 198 valence electrons. The number of likely N-dealkylation sites (N-methyl/N-ethyl adjacent to an activating group) is 1. The van der Waals surface area contributed by atoms with Gasteiger partial charge in [-0.1, -0.05) is 19.3 Å². The normalized spacial score (nSPS) is 21.2. The van der Waals surface area contributed by atoms with Crippen molar-refractivity contribution in [2.75, 3.05) is 17.7 Å². The molecule has 10 nitrogen and oxygen atoms in total. The van der Waals surface area contributed by atoms with Crippen LogP contribution in [0.5, 0.6) is 0 Å². The van der Waals surface area contributed by atoms with Crippen molar-refractivity contribution >= 4 is 29.5 Å². The fourth-order valence-corrected chi connectivity index (χ4v) is 5.04. The molecule has 2 aromatic rings. The molecule has 0 bridgehead atoms. The van der Waals surface area contributed by atoms with Crippen molar-refractivity contribution in [3.05, 3.63) is 42.5 Å². The van der Waals surface area contributed by atoms with Crippen LogP contribution in [0.4, 0.5) is 29.6 Å². The van der Waals surface area contributed by atoms with Gasteiger partial charge in [-0.2, -0.15) is 13.2 Å². The van der Waals surface area contributed by atoms with Crippen LogP contribution in [0.1, 0.15) is 37.7 Å². The Morgan fingerprint density at radius 1 is 1.19 bits per heavy atom. The second kappa shape index (κ2) is 10.7. The molecule has 2 aliphatic rings. The molecule has 1 unspecified atom stereocenters. The molecule has 0 radical (unpaired) electrons. The lowest BCUT2D eigenvalue weighted by Crippen LogP contribution is -2.71. The van der Waals surface area contributed by atoms with Crippen molar-refractivity contribution < 1.29 is 27.6 Å². The number of halogens is 3. The van der Waals surface area contributed by atoms with Gasteiger partial charge in [-0.15, -0.1) is 0 Å². The molecule has 1 aliphatic carbocycles. The van der Waals surface area contributed by atoms with Gasteiger partial charge in [0.05, 0.1) is 12.1 Å².